The Morgan fingerprint density at radius 3 is 2.47 bits per heavy atom. The second-order valence-electron chi connectivity index (χ2n) is 14.5. The fourth-order valence-electron chi connectivity index (χ4n) is 6.55. The average molecular weight is 773 g/mol. The molecule has 0 unspecified atom stereocenters. The molecule has 3 amide bonds. The number of fused-ring (bicyclic) bond motifs is 1. The summed E-state index contributed by atoms with van der Waals surface area (Å²) in [5.41, 5.74) is 4.31. The predicted octanol–water partition coefficient (Wildman–Crippen LogP) is 7.11. The molecular weight excluding hydrogens is 729 g/mol. The third-order valence-electron chi connectivity index (χ3n) is 9.86. The fourth-order valence-corrected chi connectivity index (χ4v) is 6.55. The van der Waals surface area contributed by atoms with Crippen molar-refractivity contribution in [2.24, 2.45) is 0 Å². The van der Waals surface area contributed by atoms with Crippen LogP contribution in [0.25, 0.3) is 16.5 Å². The van der Waals surface area contributed by atoms with Gasteiger partial charge in [-0.3, -0.25) is 15.0 Å². The van der Waals surface area contributed by atoms with Gasteiger partial charge in [0.05, 0.1) is 35.7 Å². The van der Waals surface area contributed by atoms with Crippen LogP contribution in [0.4, 0.5) is 16.3 Å². The number of rotatable bonds is 12. The zero-order valence-corrected chi connectivity index (χ0v) is 32.7. The molecule has 0 bridgehead atoms. The highest BCUT2D eigenvalue weighted by atomic mass is 16.5. The summed E-state index contributed by atoms with van der Waals surface area (Å²) in [7, 11) is 0. The molecule has 1 aliphatic heterocycles. The van der Waals surface area contributed by atoms with Gasteiger partial charge >= 0.3 is 6.03 Å². The number of amides is 3. The van der Waals surface area contributed by atoms with Gasteiger partial charge in [-0.15, -0.1) is 12.8 Å². The summed E-state index contributed by atoms with van der Waals surface area (Å²) in [6.07, 6.45) is 13.5. The van der Waals surface area contributed by atoms with Crippen molar-refractivity contribution in [2.45, 2.75) is 32.6 Å². The lowest BCUT2D eigenvalue weighted by Gasteiger charge is -2.26. The van der Waals surface area contributed by atoms with Gasteiger partial charge < -0.3 is 20.1 Å². The van der Waals surface area contributed by atoms with E-state index < -0.39 is 11.4 Å². The number of hydrogen-bond donors (Lipinski definition) is 3. The number of carbonyl (C=O) groups excluding carboxylic acids is 2. The zero-order chi connectivity index (χ0) is 40.6. The van der Waals surface area contributed by atoms with Gasteiger partial charge in [-0.05, 0) is 68.8 Å². The minimum absolute atomic E-state index is 0.195. The molecule has 0 spiro atoms. The third-order valence-corrected chi connectivity index (χ3v) is 9.86. The van der Waals surface area contributed by atoms with Crippen LogP contribution in [0.1, 0.15) is 52.4 Å². The Balaban J connectivity index is 1.05. The Bertz CT molecular complexity index is 2540. The number of aromatic nitrogens is 4. The minimum atomic E-state index is -0.655. The molecular formula is C46H44N8O4. The quantitative estimate of drug-likeness (QED) is 0.112. The first-order valence-electron chi connectivity index (χ1n) is 19.0. The number of carbonyl (C=O) groups is 2. The van der Waals surface area contributed by atoms with E-state index >= 15 is 0 Å². The van der Waals surface area contributed by atoms with Crippen LogP contribution in [0.5, 0.6) is 11.6 Å². The van der Waals surface area contributed by atoms with Crippen LogP contribution in [0, 0.1) is 31.6 Å². The molecule has 7 rings (SSSR count). The molecule has 0 saturated carbocycles. The lowest BCUT2D eigenvalue weighted by Crippen LogP contribution is -2.41. The number of hydrogen-bond acceptors (Lipinski definition) is 8. The number of terminal acetylenes is 2. The van der Waals surface area contributed by atoms with E-state index in [4.69, 9.17) is 27.4 Å². The molecule has 12 heteroatoms. The maximum Gasteiger partial charge on any atom is 0.324 e. The molecule has 58 heavy (non-hydrogen) atoms. The van der Waals surface area contributed by atoms with Crippen molar-refractivity contribution < 1.29 is 19.1 Å². The number of urea groups is 1. The molecule has 4 aromatic carbocycles. The number of nitrogens with zero attached hydrogens (tertiary/aromatic N) is 5. The summed E-state index contributed by atoms with van der Waals surface area (Å²) >= 11 is 0. The van der Waals surface area contributed by atoms with Crippen molar-refractivity contribution in [3.63, 3.8) is 0 Å². The average Bonchev–Trinajstić information content (AvgIpc) is 3.66. The predicted molar refractivity (Wildman–Crippen MR) is 226 cm³/mol. The van der Waals surface area contributed by atoms with Crippen LogP contribution < -0.4 is 20.7 Å². The van der Waals surface area contributed by atoms with Crippen LogP contribution in [-0.4, -0.2) is 76.0 Å². The summed E-state index contributed by atoms with van der Waals surface area (Å²) < 4.78 is 13.4. The van der Waals surface area contributed by atoms with E-state index in [0.717, 1.165) is 47.2 Å². The number of benzene rings is 4. The van der Waals surface area contributed by atoms with E-state index in [9.17, 15) is 9.59 Å². The molecule has 292 valence electrons. The van der Waals surface area contributed by atoms with E-state index in [1.807, 2.05) is 81.4 Å². The normalized spacial score (nSPS) is 13.0. The van der Waals surface area contributed by atoms with Crippen LogP contribution in [0.2, 0.25) is 0 Å². The van der Waals surface area contributed by atoms with E-state index in [2.05, 4.69) is 42.7 Å². The molecule has 3 N–H and O–H groups in total. The lowest BCUT2D eigenvalue weighted by atomic mass is 9.91. The number of morpholine rings is 1. The van der Waals surface area contributed by atoms with Crippen molar-refractivity contribution in [1.29, 1.82) is 0 Å². The largest absolute Gasteiger partial charge is 0.438 e. The van der Waals surface area contributed by atoms with Gasteiger partial charge in [0.2, 0.25) is 5.88 Å². The lowest BCUT2D eigenvalue weighted by molar-refractivity contribution is 0.0383. The number of aryl methyl sites for hydroxylation is 1. The second kappa shape index (κ2) is 17.4. The maximum atomic E-state index is 13.6. The smallest absolute Gasteiger partial charge is 0.324 e. The van der Waals surface area contributed by atoms with Crippen molar-refractivity contribution in [2.75, 3.05) is 50.0 Å². The van der Waals surface area contributed by atoms with Gasteiger partial charge in [0.15, 0.2) is 0 Å². The van der Waals surface area contributed by atoms with Crippen molar-refractivity contribution in [1.82, 2.24) is 30.0 Å². The van der Waals surface area contributed by atoms with Crippen molar-refractivity contribution in [3.8, 4) is 42.0 Å². The minimum Gasteiger partial charge on any atom is -0.438 e. The van der Waals surface area contributed by atoms with Gasteiger partial charge in [0, 0.05) is 72.8 Å². The van der Waals surface area contributed by atoms with Gasteiger partial charge in [-0.2, -0.15) is 10.1 Å². The van der Waals surface area contributed by atoms with Crippen molar-refractivity contribution >= 4 is 34.2 Å². The molecule has 3 heterocycles. The van der Waals surface area contributed by atoms with Gasteiger partial charge in [-0.1, -0.05) is 53.8 Å². The molecule has 12 nitrogen and oxygen atoms in total. The highest BCUT2D eigenvalue weighted by Gasteiger charge is 2.24. The highest BCUT2D eigenvalue weighted by Crippen LogP contribution is 2.34. The summed E-state index contributed by atoms with van der Waals surface area (Å²) in [5.74, 6) is 7.07. The Hall–Kier alpha value is -6.99. The third kappa shape index (κ3) is 9.33. The first-order chi connectivity index (χ1) is 28.1. The molecule has 0 aliphatic carbocycles. The topological polar surface area (TPSA) is 136 Å². The molecule has 0 atom stereocenters. The van der Waals surface area contributed by atoms with Crippen LogP contribution in [0.3, 0.4) is 0 Å². The number of ether oxygens (including phenoxy) is 2. The number of anilines is 2. The summed E-state index contributed by atoms with van der Waals surface area (Å²) in [6.45, 7) is 10.2. The first kappa shape index (κ1) is 39.3. The summed E-state index contributed by atoms with van der Waals surface area (Å²) in [6, 6.07) is 27.4. The van der Waals surface area contributed by atoms with E-state index in [1.54, 1.807) is 41.2 Å². The van der Waals surface area contributed by atoms with E-state index in [0.29, 0.717) is 72.0 Å². The zero-order valence-electron chi connectivity index (χ0n) is 32.7. The second-order valence-corrected chi connectivity index (χ2v) is 14.5. The molecule has 6 aromatic rings. The number of nitrogens with one attached hydrogen (secondary N) is 3. The standard InChI is InChI=1S/C46H44N8O4/c1-6-32-26-33(28-34(27-32)44(55)48-20-21-53-22-24-57-25-23-53)29-41-47-19-18-43(50-41)58-39-17-16-38(36-10-8-9-11-37(36)39)49-45(56)51-42-30-40(46(4,5)7-2)52-54(42)35-14-12-31(3)13-15-35/h1-2,8-19,26-28,30H,20-25,29H2,3-5H3,(H,48,55)(H2,49,51,56). The Labute approximate surface area is 338 Å². The molecule has 0 radical (unpaired) electrons. The van der Waals surface area contributed by atoms with Gasteiger partial charge in [-0.25, -0.2) is 14.5 Å². The van der Waals surface area contributed by atoms with Crippen LogP contribution in [-0.2, 0) is 16.6 Å². The van der Waals surface area contributed by atoms with Crippen molar-refractivity contribution in [3.05, 3.63) is 131 Å². The Morgan fingerprint density at radius 2 is 1.71 bits per heavy atom. The van der Waals surface area contributed by atoms with Gasteiger partial charge in [0.25, 0.3) is 5.91 Å². The Kier molecular flexibility index (Phi) is 11.8. The summed E-state index contributed by atoms with van der Waals surface area (Å²) in [4.78, 5) is 38.1. The highest BCUT2D eigenvalue weighted by molar-refractivity contribution is 6.07. The SMILES string of the molecule is C#Cc1cc(Cc2nccc(Oc3ccc(NC(=O)Nc4cc(C(C)(C)C#C)nn4-c4ccc(C)cc4)c4ccccc34)n2)cc(C(=O)NCCN2CCOCC2)c1. The Morgan fingerprint density at radius 1 is 0.931 bits per heavy atom. The van der Waals surface area contributed by atoms with Gasteiger partial charge in [0.1, 0.15) is 17.4 Å². The molecule has 1 fully saturated rings. The molecule has 1 saturated heterocycles. The monoisotopic (exact) mass is 772 g/mol. The molecule has 1 aliphatic rings. The van der Waals surface area contributed by atoms with E-state index in [-0.39, 0.29) is 5.91 Å². The van der Waals surface area contributed by atoms with Crippen LogP contribution >= 0.6 is 0 Å². The maximum absolute atomic E-state index is 13.6. The van der Waals surface area contributed by atoms with Crippen LogP contribution in [0.15, 0.2) is 97.2 Å². The van der Waals surface area contributed by atoms with E-state index in [1.165, 1.54) is 0 Å². The fraction of sp³-hybridized carbons (Fsp3) is 0.239. The molecule has 2 aromatic heterocycles. The first-order valence-corrected chi connectivity index (χ1v) is 19.0. The summed E-state index contributed by atoms with van der Waals surface area (Å²) in [5, 5.41) is 15.2.